The van der Waals surface area contributed by atoms with Crippen LogP contribution in [0.15, 0.2) is 10.9 Å². The molecule has 0 amide bonds. The Labute approximate surface area is 126 Å². The predicted octanol–water partition coefficient (Wildman–Crippen LogP) is 0.583. The zero-order valence-electron chi connectivity index (χ0n) is 13.0. The first-order valence-electron chi connectivity index (χ1n) is 8.00. The van der Waals surface area contributed by atoms with E-state index in [1.165, 1.54) is 6.42 Å². The molecule has 0 atom stereocenters. The maximum absolute atomic E-state index is 11.7. The number of hydrogen-bond donors (Lipinski definition) is 2. The largest absolute Gasteiger partial charge is 0.355 e. The number of hydrogen-bond acceptors (Lipinski definition) is 5. The zero-order chi connectivity index (χ0) is 15.1. The number of anilines is 1. The fourth-order valence-electron chi connectivity index (χ4n) is 2.73. The van der Waals surface area contributed by atoms with Gasteiger partial charge in [0, 0.05) is 32.1 Å². The lowest BCUT2D eigenvalue weighted by molar-refractivity contribution is 0.288. The van der Waals surface area contributed by atoms with Crippen molar-refractivity contribution >= 4 is 5.82 Å². The van der Waals surface area contributed by atoms with E-state index in [2.05, 4.69) is 19.8 Å². The Bertz CT molecular complexity index is 487. The molecule has 3 N–H and O–H groups in total. The van der Waals surface area contributed by atoms with Crippen LogP contribution in [0, 0.1) is 0 Å². The highest BCUT2D eigenvalue weighted by molar-refractivity contribution is 5.37. The minimum absolute atomic E-state index is 0.0547. The van der Waals surface area contributed by atoms with Crippen LogP contribution in [0.2, 0.25) is 0 Å². The lowest BCUT2D eigenvalue weighted by Crippen LogP contribution is -2.32. The monoisotopic (exact) mass is 293 g/mol. The smallest absolute Gasteiger partial charge is 0.252 e. The van der Waals surface area contributed by atoms with Gasteiger partial charge in [-0.15, -0.1) is 0 Å². The number of rotatable bonds is 6. The first kappa shape index (κ1) is 16.0. The Morgan fingerprint density at radius 2 is 2.14 bits per heavy atom. The van der Waals surface area contributed by atoms with E-state index >= 15 is 0 Å². The van der Waals surface area contributed by atoms with Crippen molar-refractivity contribution in [1.29, 1.82) is 0 Å². The molecule has 0 bridgehead atoms. The molecule has 6 nitrogen and oxygen atoms in total. The van der Waals surface area contributed by atoms with Crippen LogP contribution < -0.4 is 16.2 Å². The van der Waals surface area contributed by atoms with Crippen LogP contribution in [-0.2, 0) is 6.42 Å². The number of unbranched alkanes of at least 4 members (excludes halogenated alkanes) is 1. The van der Waals surface area contributed by atoms with Crippen molar-refractivity contribution in [2.75, 3.05) is 44.2 Å². The second-order valence-electron chi connectivity index (χ2n) is 5.58. The summed E-state index contributed by atoms with van der Waals surface area (Å²) in [6.45, 7) is 7.94. The molecular formula is C15H27N5O. The van der Waals surface area contributed by atoms with E-state index in [1.54, 1.807) is 6.07 Å². The van der Waals surface area contributed by atoms with E-state index in [0.29, 0.717) is 0 Å². The van der Waals surface area contributed by atoms with Gasteiger partial charge in [-0.1, -0.05) is 6.92 Å². The van der Waals surface area contributed by atoms with Gasteiger partial charge < -0.3 is 20.5 Å². The molecule has 1 aromatic heterocycles. The normalized spacial score (nSPS) is 17.0. The summed E-state index contributed by atoms with van der Waals surface area (Å²) in [5.74, 6) is 1.58. The Balaban J connectivity index is 1.96. The average Bonchev–Trinajstić information content (AvgIpc) is 2.72. The Morgan fingerprint density at radius 3 is 2.90 bits per heavy atom. The molecule has 1 fully saturated rings. The number of nitrogens with two attached hydrogens (primary N) is 1. The van der Waals surface area contributed by atoms with Gasteiger partial charge in [-0.25, -0.2) is 4.98 Å². The molecule has 0 aromatic carbocycles. The standard InChI is InChI=1S/C15H27N5O/c1-2-13-17-14(12-15(21)18-13)20-9-5-8-19(10-11-20)7-4-3-6-16/h12H,2-11,16H2,1H3,(H,17,18,21). The topological polar surface area (TPSA) is 78.2 Å². The van der Waals surface area contributed by atoms with Crippen molar-refractivity contribution in [2.24, 2.45) is 5.73 Å². The van der Waals surface area contributed by atoms with Gasteiger partial charge in [0.15, 0.2) is 0 Å². The van der Waals surface area contributed by atoms with Crippen LogP contribution in [0.25, 0.3) is 0 Å². The highest BCUT2D eigenvalue weighted by atomic mass is 16.1. The molecular weight excluding hydrogens is 266 g/mol. The molecule has 21 heavy (non-hydrogen) atoms. The molecule has 2 heterocycles. The lowest BCUT2D eigenvalue weighted by atomic mass is 10.3. The van der Waals surface area contributed by atoms with Gasteiger partial charge in [0.2, 0.25) is 0 Å². The van der Waals surface area contributed by atoms with Crippen LogP contribution >= 0.6 is 0 Å². The van der Waals surface area contributed by atoms with Crippen molar-refractivity contribution in [3.8, 4) is 0 Å². The summed E-state index contributed by atoms with van der Waals surface area (Å²) in [4.78, 5) is 23.7. The van der Waals surface area contributed by atoms with Crippen LogP contribution in [-0.4, -0.2) is 54.1 Å². The molecule has 0 aliphatic carbocycles. The molecule has 2 rings (SSSR count). The Kier molecular flexibility index (Phi) is 6.20. The maximum Gasteiger partial charge on any atom is 0.252 e. The molecule has 0 radical (unpaired) electrons. The highest BCUT2D eigenvalue weighted by Crippen LogP contribution is 2.12. The highest BCUT2D eigenvalue weighted by Gasteiger charge is 2.16. The van der Waals surface area contributed by atoms with Crippen LogP contribution in [0.5, 0.6) is 0 Å². The van der Waals surface area contributed by atoms with Crippen molar-refractivity contribution in [3.05, 3.63) is 22.2 Å². The summed E-state index contributed by atoms with van der Waals surface area (Å²) in [5, 5.41) is 0. The van der Waals surface area contributed by atoms with Gasteiger partial charge in [0.25, 0.3) is 5.56 Å². The molecule has 1 aliphatic heterocycles. The summed E-state index contributed by atoms with van der Waals surface area (Å²) in [6.07, 6.45) is 4.12. The van der Waals surface area contributed by atoms with E-state index in [0.717, 1.165) is 70.2 Å². The summed E-state index contributed by atoms with van der Waals surface area (Å²) in [7, 11) is 0. The third-order valence-corrected chi connectivity index (χ3v) is 3.95. The summed E-state index contributed by atoms with van der Waals surface area (Å²) < 4.78 is 0. The lowest BCUT2D eigenvalue weighted by Gasteiger charge is -2.22. The molecule has 0 spiro atoms. The fourth-order valence-corrected chi connectivity index (χ4v) is 2.73. The molecule has 1 aromatic rings. The van der Waals surface area contributed by atoms with E-state index in [-0.39, 0.29) is 5.56 Å². The molecule has 1 saturated heterocycles. The molecule has 6 heteroatoms. The number of aryl methyl sites for hydroxylation is 1. The number of nitrogens with zero attached hydrogens (tertiary/aromatic N) is 3. The third kappa shape index (κ3) is 4.82. The maximum atomic E-state index is 11.7. The predicted molar refractivity (Wildman–Crippen MR) is 85.8 cm³/mol. The van der Waals surface area contributed by atoms with Gasteiger partial charge in [-0.2, -0.15) is 0 Å². The minimum Gasteiger partial charge on any atom is -0.355 e. The fraction of sp³-hybridized carbons (Fsp3) is 0.733. The van der Waals surface area contributed by atoms with Gasteiger partial charge >= 0.3 is 0 Å². The van der Waals surface area contributed by atoms with Gasteiger partial charge in [0.1, 0.15) is 11.6 Å². The third-order valence-electron chi connectivity index (χ3n) is 3.95. The summed E-state index contributed by atoms with van der Waals surface area (Å²) >= 11 is 0. The van der Waals surface area contributed by atoms with E-state index in [4.69, 9.17) is 5.73 Å². The van der Waals surface area contributed by atoms with E-state index in [9.17, 15) is 4.79 Å². The van der Waals surface area contributed by atoms with Gasteiger partial charge in [-0.3, -0.25) is 4.79 Å². The Hall–Kier alpha value is -1.40. The molecule has 118 valence electrons. The number of nitrogens with one attached hydrogen (secondary N) is 1. The summed E-state index contributed by atoms with van der Waals surface area (Å²) in [5.41, 5.74) is 5.49. The van der Waals surface area contributed by atoms with Gasteiger partial charge in [0.05, 0.1) is 0 Å². The number of H-pyrrole nitrogens is 1. The van der Waals surface area contributed by atoms with Crippen molar-refractivity contribution in [2.45, 2.75) is 32.6 Å². The van der Waals surface area contributed by atoms with Crippen LogP contribution in [0.4, 0.5) is 5.82 Å². The first-order chi connectivity index (χ1) is 10.2. The number of aromatic nitrogens is 2. The second kappa shape index (κ2) is 8.14. The quantitative estimate of drug-likeness (QED) is 0.750. The van der Waals surface area contributed by atoms with Crippen molar-refractivity contribution in [1.82, 2.24) is 14.9 Å². The average molecular weight is 293 g/mol. The van der Waals surface area contributed by atoms with Crippen LogP contribution in [0.3, 0.4) is 0 Å². The minimum atomic E-state index is -0.0547. The van der Waals surface area contributed by atoms with Crippen LogP contribution in [0.1, 0.15) is 32.0 Å². The first-order valence-corrected chi connectivity index (χ1v) is 8.00. The number of aromatic amines is 1. The van der Waals surface area contributed by atoms with E-state index in [1.807, 2.05) is 6.92 Å². The Morgan fingerprint density at radius 1 is 1.29 bits per heavy atom. The van der Waals surface area contributed by atoms with Crippen molar-refractivity contribution < 1.29 is 0 Å². The van der Waals surface area contributed by atoms with E-state index < -0.39 is 0 Å². The second-order valence-corrected chi connectivity index (χ2v) is 5.58. The molecule has 0 saturated carbocycles. The van der Waals surface area contributed by atoms with Crippen molar-refractivity contribution in [3.63, 3.8) is 0 Å². The SMILES string of the molecule is CCc1nc(N2CCCN(CCCCN)CC2)cc(=O)[nH]1. The molecule has 1 aliphatic rings. The van der Waals surface area contributed by atoms with Gasteiger partial charge in [-0.05, 0) is 38.9 Å². The molecule has 0 unspecified atom stereocenters. The zero-order valence-corrected chi connectivity index (χ0v) is 13.0. The summed E-state index contributed by atoms with van der Waals surface area (Å²) in [6, 6.07) is 1.61.